The number of hydrogen-bond donors (Lipinski definition) is 2. The Kier molecular flexibility index (Phi) is 3.97. The van der Waals surface area contributed by atoms with E-state index in [1.54, 1.807) is 24.3 Å². The summed E-state index contributed by atoms with van der Waals surface area (Å²) in [6.45, 7) is 4.00. The molecule has 0 aromatic heterocycles. The van der Waals surface area contributed by atoms with Crippen LogP contribution in [0.2, 0.25) is 5.02 Å². The van der Waals surface area contributed by atoms with Crippen molar-refractivity contribution in [3.8, 4) is 0 Å². The van der Waals surface area contributed by atoms with Gasteiger partial charge in [0.05, 0.1) is 19.2 Å². The number of anilines is 1. The summed E-state index contributed by atoms with van der Waals surface area (Å²) in [4.78, 5) is 28.9. The molecule has 0 bridgehead atoms. The minimum atomic E-state index is -0.221. The van der Waals surface area contributed by atoms with Crippen LogP contribution < -0.4 is 14.7 Å². The van der Waals surface area contributed by atoms with Gasteiger partial charge in [-0.2, -0.15) is 0 Å². The van der Waals surface area contributed by atoms with Gasteiger partial charge in [-0.05, 0) is 24.3 Å². The molecule has 0 aliphatic carbocycles. The molecule has 1 aromatic carbocycles. The number of nitrogens with zero attached hydrogens (tertiary/aromatic N) is 1. The number of halogens is 1. The summed E-state index contributed by atoms with van der Waals surface area (Å²) >= 11 is 5.86. The molecule has 2 aliphatic heterocycles. The van der Waals surface area contributed by atoms with Gasteiger partial charge in [-0.25, -0.2) is 4.90 Å². The van der Waals surface area contributed by atoms with Crippen LogP contribution in [0.3, 0.4) is 0 Å². The summed E-state index contributed by atoms with van der Waals surface area (Å²) in [6.07, 6.45) is 0.315. The van der Waals surface area contributed by atoms with Gasteiger partial charge in [-0.1, -0.05) is 11.6 Å². The third-order valence-corrected chi connectivity index (χ3v) is 4.72. The minimum absolute atomic E-state index is 0.0723. The molecule has 21 heavy (non-hydrogen) atoms. The zero-order valence-electron chi connectivity index (χ0n) is 12.1. The largest absolute Gasteiger partial charge is 0.328 e. The van der Waals surface area contributed by atoms with Gasteiger partial charge in [0.1, 0.15) is 26.2 Å². The van der Waals surface area contributed by atoms with E-state index in [4.69, 9.17) is 11.6 Å². The molecule has 3 rings (SSSR count). The van der Waals surface area contributed by atoms with E-state index < -0.39 is 0 Å². The SMILES string of the molecule is C[NH+]1CC[NH+](C2CC(=O)N(c3ccc(Cl)cc3)C2=O)CC1. The Morgan fingerprint density at radius 2 is 1.71 bits per heavy atom. The molecule has 112 valence electrons. The molecule has 0 saturated carbocycles. The van der Waals surface area contributed by atoms with Crippen LogP contribution in [0.5, 0.6) is 0 Å². The van der Waals surface area contributed by atoms with Crippen LogP contribution in [0.15, 0.2) is 24.3 Å². The lowest BCUT2D eigenvalue weighted by Crippen LogP contribution is -3.29. The molecular formula is C15H20ClN3O2+2. The maximum atomic E-state index is 12.6. The average Bonchev–Trinajstić information content (AvgIpc) is 2.76. The fraction of sp³-hybridized carbons (Fsp3) is 0.467. The third kappa shape index (κ3) is 2.81. The zero-order chi connectivity index (χ0) is 15.0. The third-order valence-electron chi connectivity index (χ3n) is 4.47. The number of carbonyl (C=O) groups is 2. The van der Waals surface area contributed by atoms with E-state index in [0.29, 0.717) is 17.1 Å². The molecule has 2 fully saturated rings. The first-order valence-electron chi connectivity index (χ1n) is 7.34. The summed E-state index contributed by atoms with van der Waals surface area (Å²) in [5.41, 5.74) is 0.621. The van der Waals surface area contributed by atoms with E-state index >= 15 is 0 Å². The van der Waals surface area contributed by atoms with Crippen molar-refractivity contribution in [2.45, 2.75) is 12.5 Å². The van der Waals surface area contributed by atoms with Gasteiger partial charge in [0.15, 0.2) is 6.04 Å². The van der Waals surface area contributed by atoms with Crippen LogP contribution in [-0.4, -0.2) is 51.1 Å². The van der Waals surface area contributed by atoms with Crippen LogP contribution >= 0.6 is 11.6 Å². The number of quaternary nitrogens is 2. The molecule has 2 amide bonds. The van der Waals surface area contributed by atoms with Gasteiger partial charge in [-0.15, -0.1) is 0 Å². The Hall–Kier alpha value is -1.43. The highest BCUT2D eigenvalue weighted by molar-refractivity contribution is 6.30. The van der Waals surface area contributed by atoms with E-state index in [1.807, 2.05) is 0 Å². The molecule has 1 aromatic rings. The number of amides is 2. The number of hydrogen-bond acceptors (Lipinski definition) is 2. The predicted molar refractivity (Wildman–Crippen MR) is 79.7 cm³/mol. The second kappa shape index (κ2) is 5.75. The smallest absolute Gasteiger partial charge is 0.292 e. The average molecular weight is 310 g/mol. The number of piperazine rings is 1. The molecule has 6 heteroatoms. The molecule has 1 unspecified atom stereocenters. The molecule has 0 spiro atoms. The highest BCUT2D eigenvalue weighted by Gasteiger charge is 2.46. The van der Waals surface area contributed by atoms with Crippen LogP contribution in [0.4, 0.5) is 5.69 Å². The molecular weight excluding hydrogens is 290 g/mol. The lowest BCUT2D eigenvalue weighted by molar-refractivity contribution is -1.01. The number of likely N-dealkylation sites (N-methyl/N-ethyl adjacent to an activating group) is 1. The van der Waals surface area contributed by atoms with Crippen molar-refractivity contribution in [1.29, 1.82) is 0 Å². The number of imide groups is 1. The highest BCUT2D eigenvalue weighted by Crippen LogP contribution is 2.23. The van der Waals surface area contributed by atoms with Gasteiger partial charge in [0, 0.05) is 5.02 Å². The summed E-state index contributed by atoms with van der Waals surface area (Å²) < 4.78 is 0. The maximum absolute atomic E-state index is 12.6. The predicted octanol–water partition coefficient (Wildman–Crippen LogP) is -1.61. The van der Waals surface area contributed by atoms with Crippen molar-refractivity contribution in [2.24, 2.45) is 0 Å². The highest BCUT2D eigenvalue weighted by atomic mass is 35.5. The quantitative estimate of drug-likeness (QED) is 0.646. The van der Waals surface area contributed by atoms with Crippen LogP contribution in [0.1, 0.15) is 6.42 Å². The standard InChI is InChI=1S/C15H18ClN3O2/c1-17-6-8-18(9-7-17)13-10-14(20)19(15(13)21)12-4-2-11(16)3-5-12/h2-5,13H,6-10H2,1H3/p+2. The first kappa shape index (κ1) is 14.5. The van der Waals surface area contributed by atoms with Crippen molar-refractivity contribution in [2.75, 3.05) is 38.1 Å². The van der Waals surface area contributed by atoms with Crippen molar-refractivity contribution < 1.29 is 19.4 Å². The monoisotopic (exact) mass is 309 g/mol. The van der Waals surface area contributed by atoms with Crippen LogP contribution in [0.25, 0.3) is 0 Å². The van der Waals surface area contributed by atoms with Crippen molar-refractivity contribution >= 4 is 29.1 Å². The molecule has 5 nitrogen and oxygen atoms in total. The van der Waals surface area contributed by atoms with Gasteiger partial charge < -0.3 is 9.80 Å². The normalized spacial score (nSPS) is 30.0. The van der Waals surface area contributed by atoms with Crippen molar-refractivity contribution in [3.63, 3.8) is 0 Å². The Morgan fingerprint density at radius 3 is 2.33 bits per heavy atom. The van der Waals surface area contributed by atoms with E-state index in [-0.39, 0.29) is 17.9 Å². The Labute approximate surface area is 129 Å². The molecule has 0 radical (unpaired) electrons. The lowest BCUT2D eigenvalue weighted by atomic mass is 10.2. The second-order valence-corrected chi connectivity index (χ2v) is 6.35. The van der Waals surface area contributed by atoms with E-state index in [9.17, 15) is 9.59 Å². The number of benzene rings is 1. The lowest BCUT2D eigenvalue weighted by Gasteiger charge is -2.30. The summed E-state index contributed by atoms with van der Waals surface area (Å²) in [7, 11) is 2.17. The summed E-state index contributed by atoms with van der Waals surface area (Å²) in [5.74, 6) is -0.178. The minimum Gasteiger partial charge on any atom is -0.328 e. The molecule has 2 aliphatic rings. The zero-order valence-corrected chi connectivity index (χ0v) is 12.8. The molecule has 1 atom stereocenters. The van der Waals surface area contributed by atoms with E-state index in [0.717, 1.165) is 26.2 Å². The van der Waals surface area contributed by atoms with Gasteiger partial charge in [0.2, 0.25) is 5.91 Å². The molecule has 2 N–H and O–H groups in total. The van der Waals surface area contributed by atoms with Crippen LogP contribution in [-0.2, 0) is 9.59 Å². The second-order valence-electron chi connectivity index (χ2n) is 5.92. The number of carbonyl (C=O) groups excluding carboxylic acids is 2. The number of nitrogens with one attached hydrogen (secondary N) is 2. The Bertz CT molecular complexity index is 553. The summed E-state index contributed by atoms with van der Waals surface area (Å²) in [5, 5.41) is 0.599. The Balaban J connectivity index is 1.77. The Morgan fingerprint density at radius 1 is 1.10 bits per heavy atom. The van der Waals surface area contributed by atoms with Gasteiger partial charge in [-0.3, -0.25) is 9.59 Å². The first-order chi connectivity index (χ1) is 10.1. The maximum Gasteiger partial charge on any atom is 0.292 e. The van der Waals surface area contributed by atoms with Gasteiger partial charge in [0.25, 0.3) is 5.91 Å². The topological polar surface area (TPSA) is 46.3 Å². The van der Waals surface area contributed by atoms with Crippen LogP contribution in [0, 0.1) is 0 Å². The fourth-order valence-corrected chi connectivity index (χ4v) is 3.28. The molecule has 2 saturated heterocycles. The summed E-state index contributed by atoms with van der Waals surface area (Å²) in [6, 6.07) is 6.64. The van der Waals surface area contributed by atoms with E-state index in [1.165, 1.54) is 14.7 Å². The first-order valence-corrected chi connectivity index (χ1v) is 7.72. The van der Waals surface area contributed by atoms with Crippen molar-refractivity contribution in [1.82, 2.24) is 0 Å². The van der Waals surface area contributed by atoms with Gasteiger partial charge >= 0.3 is 0 Å². The molecule has 2 heterocycles. The van der Waals surface area contributed by atoms with Crippen molar-refractivity contribution in [3.05, 3.63) is 29.3 Å². The number of rotatable bonds is 2. The fourth-order valence-electron chi connectivity index (χ4n) is 3.16. The van der Waals surface area contributed by atoms with E-state index in [2.05, 4.69) is 7.05 Å².